The van der Waals surface area contributed by atoms with E-state index in [1.54, 1.807) is 11.0 Å². The normalized spacial score (nSPS) is 25.5. The molecule has 0 bridgehead atoms. The van der Waals surface area contributed by atoms with Crippen LogP contribution in [0.1, 0.15) is 25.3 Å². The number of carbonyl (C=O) groups excluding carboxylic acids is 1. The van der Waals surface area contributed by atoms with Crippen molar-refractivity contribution < 1.29 is 22.3 Å². The molecule has 0 aliphatic carbocycles. The molecule has 9 heteroatoms. The molecule has 2 atom stereocenters. The molecule has 0 aromatic heterocycles. The fourth-order valence-electron chi connectivity index (χ4n) is 4.36. The van der Waals surface area contributed by atoms with Crippen LogP contribution in [0, 0.1) is 5.82 Å². The van der Waals surface area contributed by atoms with Crippen molar-refractivity contribution in [3.05, 3.63) is 66.0 Å². The third-order valence-corrected chi connectivity index (χ3v) is 7.35. The van der Waals surface area contributed by atoms with E-state index in [-0.39, 0.29) is 24.9 Å². The first kappa shape index (κ1) is 20.6. The Labute approximate surface area is 175 Å². The van der Waals surface area contributed by atoms with E-state index in [9.17, 15) is 17.6 Å². The maximum Gasteiger partial charge on any atom is 0.410 e. The third kappa shape index (κ3) is 3.87. The Morgan fingerprint density at radius 3 is 2.70 bits per heavy atom. The Kier molecular flexibility index (Phi) is 5.42. The van der Waals surface area contributed by atoms with Crippen molar-refractivity contribution >= 4 is 22.0 Å². The zero-order chi connectivity index (χ0) is 21.4. The van der Waals surface area contributed by atoms with Crippen molar-refractivity contribution in [1.82, 2.24) is 9.62 Å². The number of hydrogen-bond acceptors (Lipinski definition) is 4. The van der Waals surface area contributed by atoms with Gasteiger partial charge in [0.2, 0.25) is 0 Å². The lowest BCUT2D eigenvalue weighted by molar-refractivity contribution is 0.0588. The molecule has 2 heterocycles. The van der Waals surface area contributed by atoms with E-state index < -0.39 is 27.7 Å². The van der Waals surface area contributed by atoms with Crippen molar-refractivity contribution in [1.29, 1.82) is 0 Å². The van der Waals surface area contributed by atoms with Crippen LogP contribution in [0.25, 0.3) is 0 Å². The molecule has 4 rings (SSSR count). The molecular formula is C21H24FN3O4S. The molecule has 2 saturated heterocycles. The van der Waals surface area contributed by atoms with Gasteiger partial charge in [0.1, 0.15) is 12.4 Å². The number of nitrogens with zero attached hydrogens (tertiary/aromatic N) is 2. The minimum atomic E-state index is -3.79. The molecule has 2 fully saturated rings. The summed E-state index contributed by atoms with van der Waals surface area (Å²) in [5.74, 6) is -0.500. The molecule has 2 aromatic carbocycles. The van der Waals surface area contributed by atoms with Gasteiger partial charge < -0.3 is 9.64 Å². The zero-order valence-electron chi connectivity index (χ0n) is 16.6. The second-order valence-electron chi connectivity index (χ2n) is 7.83. The van der Waals surface area contributed by atoms with Gasteiger partial charge >= 0.3 is 16.3 Å². The Balaban J connectivity index is 1.50. The largest absolute Gasteiger partial charge is 0.445 e. The summed E-state index contributed by atoms with van der Waals surface area (Å²) in [4.78, 5) is 14.2. The van der Waals surface area contributed by atoms with Crippen LogP contribution in [0.2, 0.25) is 0 Å². The number of nitrogens with one attached hydrogen (secondary N) is 1. The van der Waals surface area contributed by atoms with E-state index in [0.717, 1.165) is 5.56 Å². The molecular weight excluding hydrogens is 409 g/mol. The molecule has 7 nitrogen and oxygen atoms in total. The Bertz CT molecular complexity index is 1030. The van der Waals surface area contributed by atoms with Crippen molar-refractivity contribution in [2.45, 2.75) is 38.0 Å². The van der Waals surface area contributed by atoms with E-state index in [1.807, 2.05) is 37.3 Å². The summed E-state index contributed by atoms with van der Waals surface area (Å²) >= 11 is 0. The Hall–Kier alpha value is -2.65. The molecule has 1 amide bonds. The van der Waals surface area contributed by atoms with Crippen molar-refractivity contribution in [2.24, 2.45) is 0 Å². The maximum atomic E-state index is 13.8. The van der Waals surface area contributed by atoms with Crippen LogP contribution in [0.15, 0.2) is 54.6 Å². The Morgan fingerprint density at radius 2 is 2.00 bits per heavy atom. The smallest absolute Gasteiger partial charge is 0.410 e. The molecule has 2 aliphatic heterocycles. The summed E-state index contributed by atoms with van der Waals surface area (Å²) < 4.78 is 48.5. The molecule has 0 saturated carbocycles. The second kappa shape index (κ2) is 7.88. The van der Waals surface area contributed by atoms with Crippen LogP contribution in [-0.4, -0.2) is 44.1 Å². The quantitative estimate of drug-likeness (QED) is 0.807. The summed E-state index contributed by atoms with van der Waals surface area (Å²) in [5, 5.41) is 0. The number of halogens is 1. The molecule has 1 spiro atoms. The van der Waals surface area contributed by atoms with E-state index in [1.165, 1.54) is 22.5 Å². The van der Waals surface area contributed by atoms with Gasteiger partial charge in [-0.15, -0.1) is 0 Å². The lowest BCUT2D eigenvalue weighted by Crippen LogP contribution is -2.58. The number of likely N-dealkylation sites (tertiary alicyclic amines) is 1. The number of piperidine rings is 1. The van der Waals surface area contributed by atoms with Gasteiger partial charge in [-0.25, -0.2) is 9.18 Å². The van der Waals surface area contributed by atoms with Crippen molar-refractivity contribution in [2.75, 3.05) is 17.4 Å². The fraction of sp³-hybridized carbons (Fsp3) is 0.381. The van der Waals surface area contributed by atoms with Gasteiger partial charge in [-0.3, -0.25) is 4.31 Å². The lowest BCUT2D eigenvalue weighted by Gasteiger charge is -2.46. The van der Waals surface area contributed by atoms with Crippen LogP contribution < -0.4 is 9.03 Å². The van der Waals surface area contributed by atoms with E-state index in [4.69, 9.17) is 4.74 Å². The highest BCUT2D eigenvalue weighted by molar-refractivity contribution is 7.91. The topological polar surface area (TPSA) is 79.0 Å². The molecule has 1 N–H and O–H groups in total. The molecule has 30 heavy (non-hydrogen) atoms. The SMILES string of the molecule is CC1CC2(CCN1C(=O)OCc1ccccc1)CNS(=O)(=O)N2c1cccc(F)c1. The first-order valence-corrected chi connectivity index (χ1v) is 11.3. The number of hydrogen-bond donors (Lipinski definition) is 1. The van der Waals surface area contributed by atoms with Gasteiger partial charge in [0.15, 0.2) is 0 Å². The summed E-state index contributed by atoms with van der Waals surface area (Å²) in [5.41, 5.74) is 0.421. The van der Waals surface area contributed by atoms with Crippen LogP contribution in [-0.2, 0) is 21.6 Å². The predicted molar refractivity (Wildman–Crippen MR) is 111 cm³/mol. The molecule has 2 unspecified atom stereocenters. The maximum absolute atomic E-state index is 13.8. The van der Waals surface area contributed by atoms with Crippen LogP contribution >= 0.6 is 0 Å². The van der Waals surface area contributed by atoms with Gasteiger partial charge in [0.05, 0.1) is 11.2 Å². The average Bonchev–Trinajstić information content (AvgIpc) is 2.97. The highest BCUT2D eigenvalue weighted by Gasteiger charge is 2.53. The molecule has 160 valence electrons. The van der Waals surface area contributed by atoms with Crippen molar-refractivity contribution in [3.63, 3.8) is 0 Å². The molecule has 0 radical (unpaired) electrons. The van der Waals surface area contributed by atoms with Gasteiger partial charge in [0, 0.05) is 19.1 Å². The highest BCUT2D eigenvalue weighted by Crippen LogP contribution is 2.40. The summed E-state index contributed by atoms with van der Waals surface area (Å²) in [7, 11) is -3.79. The minimum absolute atomic E-state index is 0.180. The number of carbonyl (C=O) groups is 1. The Morgan fingerprint density at radius 1 is 1.23 bits per heavy atom. The van der Waals surface area contributed by atoms with E-state index >= 15 is 0 Å². The predicted octanol–water partition coefficient (Wildman–Crippen LogP) is 3.04. The first-order valence-electron chi connectivity index (χ1n) is 9.84. The van der Waals surface area contributed by atoms with Gasteiger partial charge in [0.25, 0.3) is 0 Å². The molecule has 2 aromatic rings. The first-order chi connectivity index (χ1) is 14.3. The van der Waals surface area contributed by atoms with E-state index in [2.05, 4.69) is 4.72 Å². The molecule has 2 aliphatic rings. The number of rotatable bonds is 3. The average molecular weight is 434 g/mol. The summed E-state index contributed by atoms with van der Waals surface area (Å²) in [6.45, 7) is 2.61. The standard InChI is InChI=1S/C21H24FN3O4S/c1-16-13-21(10-11-24(16)20(26)29-14-17-6-3-2-4-7-17)15-23-30(27,28)25(21)19-9-5-8-18(22)12-19/h2-9,12,16,23H,10-11,13-15H2,1H3. The summed E-state index contributed by atoms with van der Waals surface area (Å²) in [6.07, 6.45) is 0.406. The highest BCUT2D eigenvalue weighted by atomic mass is 32.2. The number of amides is 1. The van der Waals surface area contributed by atoms with Gasteiger partial charge in [-0.2, -0.15) is 13.1 Å². The van der Waals surface area contributed by atoms with Crippen LogP contribution in [0.5, 0.6) is 0 Å². The van der Waals surface area contributed by atoms with Crippen LogP contribution in [0.4, 0.5) is 14.9 Å². The summed E-state index contributed by atoms with van der Waals surface area (Å²) in [6, 6.07) is 14.8. The number of benzene rings is 2. The number of anilines is 1. The minimum Gasteiger partial charge on any atom is -0.445 e. The van der Waals surface area contributed by atoms with E-state index in [0.29, 0.717) is 19.4 Å². The lowest BCUT2D eigenvalue weighted by atomic mass is 9.83. The van der Waals surface area contributed by atoms with Gasteiger partial charge in [-0.1, -0.05) is 36.4 Å². The third-order valence-electron chi connectivity index (χ3n) is 5.76. The fourth-order valence-corrected chi connectivity index (χ4v) is 6.07. The monoisotopic (exact) mass is 433 g/mol. The number of ether oxygens (including phenoxy) is 1. The zero-order valence-corrected chi connectivity index (χ0v) is 17.4. The van der Waals surface area contributed by atoms with Gasteiger partial charge in [-0.05, 0) is 43.5 Å². The van der Waals surface area contributed by atoms with Crippen molar-refractivity contribution in [3.8, 4) is 0 Å². The van der Waals surface area contributed by atoms with Crippen LogP contribution in [0.3, 0.4) is 0 Å². The second-order valence-corrected chi connectivity index (χ2v) is 9.44.